The summed E-state index contributed by atoms with van der Waals surface area (Å²) in [5, 5.41) is 4.06. The van der Waals surface area contributed by atoms with Crippen LogP contribution in [0.3, 0.4) is 0 Å². The van der Waals surface area contributed by atoms with Crippen LogP contribution in [0.2, 0.25) is 0 Å². The molecule has 2 aromatic rings. The van der Waals surface area contributed by atoms with Gasteiger partial charge in [-0.2, -0.15) is 4.98 Å². The Hall–Kier alpha value is -1.14. The van der Waals surface area contributed by atoms with Crippen LogP contribution in [0.1, 0.15) is 51.2 Å². The SMILES string of the molecule is CC(c1nc(C(C)(C)C)no1)N(C)Cc1ccc(Br)o1. The maximum atomic E-state index is 5.51. The summed E-state index contributed by atoms with van der Waals surface area (Å²) in [5.41, 5.74) is -0.105. The summed E-state index contributed by atoms with van der Waals surface area (Å²) >= 11 is 3.30. The van der Waals surface area contributed by atoms with Crippen molar-refractivity contribution < 1.29 is 8.94 Å². The Bertz CT molecular complexity index is 571. The van der Waals surface area contributed by atoms with E-state index in [0.717, 1.165) is 16.3 Å². The van der Waals surface area contributed by atoms with Gasteiger partial charge in [0.2, 0.25) is 5.89 Å². The van der Waals surface area contributed by atoms with Crippen LogP contribution in [0.15, 0.2) is 25.7 Å². The van der Waals surface area contributed by atoms with Crippen molar-refractivity contribution in [3.05, 3.63) is 34.3 Å². The average Bonchev–Trinajstić information content (AvgIpc) is 2.96. The lowest BCUT2D eigenvalue weighted by atomic mass is 9.96. The van der Waals surface area contributed by atoms with Crippen LogP contribution in [-0.4, -0.2) is 22.1 Å². The zero-order valence-electron chi connectivity index (χ0n) is 12.5. The Labute approximate surface area is 127 Å². The quantitative estimate of drug-likeness (QED) is 0.843. The molecule has 2 rings (SSSR count). The van der Waals surface area contributed by atoms with Crippen LogP contribution in [0, 0.1) is 0 Å². The first-order valence-electron chi connectivity index (χ1n) is 6.56. The molecular weight excluding hydrogens is 322 g/mol. The van der Waals surface area contributed by atoms with Crippen molar-refractivity contribution in [1.82, 2.24) is 15.0 Å². The number of rotatable bonds is 4. The molecule has 0 aliphatic rings. The van der Waals surface area contributed by atoms with Crippen molar-refractivity contribution in [1.29, 1.82) is 0 Å². The largest absolute Gasteiger partial charge is 0.453 e. The third-order valence-electron chi connectivity index (χ3n) is 3.17. The highest BCUT2D eigenvalue weighted by Gasteiger charge is 2.25. The number of halogens is 1. The normalized spacial score (nSPS) is 13.9. The Balaban J connectivity index is 2.06. The fourth-order valence-electron chi connectivity index (χ4n) is 1.72. The van der Waals surface area contributed by atoms with Crippen molar-refractivity contribution in [2.24, 2.45) is 0 Å². The second-order valence-electron chi connectivity index (χ2n) is 6.00. The van der Waals surface area contributed by atoms with Crippen LogP contribution in [0.4, 0.5) is 0 Å². The predicted octanol–water partition coefficient (Wildman–Crippen LogP) is 3.92. The first-order valence-corrected chi connectivity index (χ1v) is 7.35. The topological polar surface area (TPSA) is 55.3 Å². The maximum absolute atomic E-state index is 5.51. The smallest absolute Gasteiger partial charge is 0.243 e. The summed E-state index contributed by atoms with van der Waals surface area (Å²) in [6.07, 6.45) is 0. The minimum absolute atomic E-state index is 0.0301. The lowest BCUT2D eigenvalue weighted by Crippen LogP contribution is -2.22. The molecule has 6 heteroatoms. The van der Waals surface area contributed by atoms with Crippen molar-refractivity contribution >= 4 is 15.9 Å². The monoisotopic (exact) mass is 341 g/mol. The molecule has 5 nitrogen and oxygen atoms in total. The van der Waals surface area contributed by atoms with Gasteiger partial charge in [-0.1, -0.05) is 25.9 Å². The first-order chi connectivity index (χ1) is 9.27. The third kappa shape index (κ3) is 3.49. The molecule has 20 heavy (non-hydrogen) atoms. The lowest BCUT2D eigenvalue weighted by molar-refractivity contribution is 0.189. The van der Waals surface area contributed by atoms with Gasteiger partial charge in [0.05, 0.1) is 12.6 Å². The van der Waals surface area contributed by atoms with Gasteiger partial charge in [0.15, 0.2) is 10.5 Å². The zero-order valence-corrected chi connectivity index (χ0v) is 14.1. The fraction of sp³-hybridized carbons (Fsp3) is 0.571. The van der Waals surface area contributed by atoms with Gasteiger partial charge in [0.1, 0.15) is 5.76 Å². The van der Waals surface area contributed by atoms with E-state index in [4.69, 9.17) is 8.94 Å². The van der Waals surface area contributed by atoms with Crippen LogP contribution in [-0.2, 0) is 12.0 Å². The number of aromatic nitrogens is 2. The van der Waals surface area contributed by atoms with E-state index in [2.05, 4.69) is 51.7 Å². The summed E-state index contributed by atoms with van der Waals surface area (Å²) in [6.45, 7) is 8.92. The van der Waals surface area contributed by atoms with Gasteiger partial charge in [-0.25, -0.2) is 0 Å². The molecule has 0 radical (unpaired) electrons. The molecule has 0 N–H and O–H groups in total. The Kier molecular flexibility index (Phi) is 4.34. The molecule has 1 atom stereocenters. The highest BCUT2D eigenvalue weighted by atomic mass is 79.9. The maximum Gasteiger partial charge on any atom is 0.243 e. The summed E-state index contributed by atoms with van der Waals surface area (Å²) in [5.74, 6) is 2.25. The molecule has 0 aliphatic carbocycles. The van der Waals surface area contributed by atoms with E-state index in [0.29, 0.717) is 12.4 Å². The van der Waals surface area contributed by atoms with E-state index in [1.807, 2.05) is 26.1 Å². The average molecular weight is 342 g/mol. The zero-order chi connectivity index (χ0) is 14.9. The molecule has 2 aromatic heterocycles. The fourth-order valence-corrected chi connectivity index (χ4v) is 2.06. The van der Waals surface area contributed by atoms with Crippen molar-refractivity contribution in [3.63, 3.8) is 0 Å². The van der Waals surface area contributed by atoms with E-state index >= 15 is 0 Å². The van der Waals surface area contributed by atoms with Gasteiger partial charge in [0, 0.05) is 5.41 Å². The molecule has 0 aromatic carbocycles. The van der Waals surface area contributed by atoms with E-state index in [1.165, 1.54) is 0 Å². The highest BCUT2D eigenvalue weighted by molar-refractivity contribution is 9.10. The molecule has 110 valence electrons. The minimum Gasteiger partial charge on any atom is -0.453 e. The van der Waals surface area contributed by atoms with Crippen molar-refractivity contribution in [3.8, 4) is 0 Å². The van der Waals surface area contributed by atoms with Gasteiger partial charge in [-0.3, -0.25) is 4.90 Å². The molecule has 1 unspecified atom stereocenters. The number of nitrogens with zero attached hydrogens (tertiary/aromatic N) is 3. The Morgan fingerprint density at radius 2 is 2.05 bits per heavy atom. The van der Waals surface area contributed by atoms with E-state index in [1.54, 1.807) is 0 Å². The number of hydrogen-bond donors (Lipinski definition) is 0. The summed E-state index contributed by atoms with van der Waals surface area (Å²) in [4.78, 5) is 6.59. The molecule has 0 fully saturated rings. The van der Waals surface area contributed by atoms with Gasteiger partial charge >= 0.3 is 0 Å². The summed E-state index contributed by atoms with van der Waals surface area (Å²) in [7, 11) is 2.00. The highest BCUT2D eigenvalue weighted by Crippen LogP contribution is 2.24. The van der Waals surface area contributed by atoms with Gasteiger partial charge in [-0.15, -0.1) is 0 Å². The molecular formula is C14H20BrN3O2. The third-order valence-corrected chi connectivity index (χ3v) is 3.59. The van der Waals surface area contributed by atoms with Crippen molar-refractivity contribution in [2.45, 2.75) is 45.7 Å². The first kappa shape index (κ1) is 15.3. The molecule has 0 bridgehead atoms. The van der Waals surface area contributed by atoms with Gasteiger partial charge < -0.3 is 8.94 Å². The summed E-state index contributed by atoms with van der Waals surface area (Å²) < 4.78 is 11.6. The molecule has 0 aliphatic heterocycles. The van der Waals surface area contributed by atoms with E-state index < -0.39 is 0 Å². The number of furan rings is 1. The van der Waals surface area contributed by atoms with E-state index in [9.17, 15) is 0 Å². The molecule has 0 saturated heterocycles. The minimum atomic E-state index is -0.105. The van der Waals surface area contributed by atoms with Gasteiger partial charge in [-0.05, 0) is 42.0 Å². The van der Waals surface area contributed by atoms with Gasteiger partial charge in [0.25, 0.3) is 0 Å². The van der Waals surface area contributed by atoms with Crippen LogP contribution in [0.25, 0.3) is 0 Å². The van der Waals surface area contributed by atoms with Crippen LogP contribution in [0.5, 0.6) is 0 Å². The summed E-state index contributed by atoms with van der Waals surface area (Å²) in [6, 6.07) is 3.86. The molecule has 0 saturated carbocycles. The van der Waals surface area contributed by atoms with Crippen molar-refractivity contribution in [2.75, 3.05) is 7.05 Å². The van der Waals surface area contributed by atoms with Crippen LogP contribution >= 0.6 is 15.9 Å². The predicted molar refractivity (Wildman–Crippen MR) is 79.3 cm³/mol. The standard InChI is InChI=1S/C14H20BrN3O2/c1-9(12-16-13(17-20-12)14(2,3)4)18(5)8-10-6-7-11(15)19-10/h6-7,9H,8H2,1-5H3. The lowest BCUT2D eigenvalue weighted by Gasteiger charge is -2.20. The van der Waals surface area contributed by atoms with E-state index in [-0.39, 0.29) is 11.5 Å². The Morgan fingerprint density at radius 3 is 2.55 bits per heavy atom. The second-order valence-corrected chi connectivity index (χ2v) is 6.78. The second kappa shape index (κ2) is 5.69. The number of hydrogen-bond acceptors (Lipinski definition) is 5. The molecule has 0 spiro atoms. The molecule has 2 heterocycles. The van der Waals surface area contributed by atoms with Crippen LogP contribution < -0.4 is 0 Å². The Morgan fingerprint density at radius 1 is 1.35 bits per heavy atom. The molecule has 0 amide bonds.